The Hall–Kier alpha value is -4.66. The van der Waals surface area contributed by atoms with Crippen molar-refractivity contribution in [2.75, 3.05) is 5.32 Å². The van der Waals surface area contributed by atoms with E-state index in [1.165, 1.54) is 12.5 Å². The van der Waals surface area contributed by atoms with Gasteiger partial charge in [-0.3, -0.25) is 9.78 Å². The average molecular weight is 409 g/mol. The van der Waals surface area contributed by atoms with Crippen LogP contribution in [0.3, 0.4) is 0 Å². The van der Waals surface area contributed by atoms with E-state index < -0.39 is 0 Å². The summed E-state index contributed by atoms with van der Waals surface area (Å²) in [6.45, 7) is 0. The minimum atomic E-state index is -0.341. The first kappa shape index (κ1) is 18.4. The van der Waals surface area contributed by atoms with E-state index in [1.54, 1.807) is 53.5 Å². The lowest BCUT2D eigenvalue weighted by atomic mass is 10.2. The molecule has 0 unspecified atom stereocenters. The van der Waals surface area contributed by atoms with E-state index in [1.807, 2.05) is 24.3 Å². The van der Waals surface area contributed by atoms with Gasteiger partial charge in [-0.15, -0.1) is 0 Å². The van der Waals surface area contributed by atoms with Crippen molar-refractivity contribution in [3.63, 3.8) is 0 Å². The third-order valence-corrected chi connectivity index (χ3v) is 4.38. The van der Waals surface area contributed by atoms with Gasteiger partial charge >= 0.3 is 0 Å². The molecule has 2 aromatic carbocycles. The minimum Gasteiger partial charge on any atom is -0.439 e. The van der Waals surface area contributed by atoms with Crippen LogP contribution >= 0.6 is 0 Å². The Bertz CT molecular complexity index is 1350. The summed E-state index contributed by atoms with van der Waals surface area (Å²) < 4.78 is 7.40. The van der Waals surface area contributed by atoms with Crippen molar-refractivity contribution < 1.29 is 9.53 Å². The van der Waals surface area contributed by atoms with Crippen LogP contribution in [-0.4, -0.2) is 35.6 Å². The highest BCUT2D eigenvalue weighted by Crippen LogP contribution is 2.22. The van der Waals surface area contributed by atoms with Crippen molar-refractivity contribution in [3.8, 4) is 17.4 Å². The number of fused-ring (bicyclic) bond motifs is 1. The first-order valence-corrected chi connectivity index (χ1v) is 9.38. The molecule has 150 valence electrons. The monoisotopic (exact) mass is 409 g/mol. The number of benzene rings is 2. The highest BCUT2D eigenvalue weighted by Gasteiger charge is 2.10. The van der Waals surface area contributed by atoms with Gasteiger partial charge in [-0.1, -0.05) is 12.1 Å². The number of para-hydroxylation sites is 2. The molecule has 0 bridgehead atoms. The second-order valence-corrected chi connectivity index (χ2v) is 6.49. The number of nitrogens with zero attached hydrogens (tertiary/aromatic N) is 6. The summed E-state index contributed by atoms with van der Waals surface area (Å²) in [5, 5.41) is 6.94. The highest BCUT2D eigenvalue weighted by molar-refractivity contribution is 6.03. The molecule has 0 saturated heterocycles. The number of carbonyl (C=O) groups excluding carboxylic acids is 1. The van der Waals surface area contributed by atoms with E-state index in [9.17, 15) is 4.79 Å². The van der Waals surface area contributed by atoms with Gasteiger partial charge in [0.2, 0.25) is 5.88 Å². The Kier molecular flexibility index (Phi) is 4.74. The van der Waals surface area contributed by atoms with Crippen molar-refractivity contribution >= 4 is 22.6 Å². The van der Waals surface area contributed by atoms with Crippen LogP contribution in [0.15, 0.2) is 85.6 Å². The fourth-order valence-corrected chi connectivity index (χ4v) is 2.90. The van der Waals surface area contributed by atoms with Crippen molar-refractivity contribution in [1.82, 2.24) is 29.7 Å². The van der Waals surface area contributed by atoms with E-state index in [2.05, 4.69) is 30.4 Å². The van der Waals surface area contributed by atoms with Gasteiger partial charge in [0.1, 0.15) is 17.8 Å². The predicted molar refractivity (Wildman–Crippen MR) is 113 cm³/mol. The summed E-state index contributed by atoms with van der Waals surface area (Å²) in [4.78, 5) is 29.4. The van der Waals surface area contributed by atoms with E-state index in [0.29, 0.717) is 28.7 Å². The lowest BCUT2D eigenvalue weighted by molar-refractivity contribution is 0.102. The molecular weight excluding hydrogens is 394 g/mol. The van der Waals surface area contributed by atoms with Gasteiger partial charge in [-0.05, 0) is 42.5 Å². The third-order valence-electron chi connectivity index (χ3n) is 4.38. The van der Waals surface area contributed by atoms with Gasteiger partial charge in [-0.25, -0.2) is 19.6 Å². The Morgan fingerprint density at radius 3 is 2.58 bits per heavy atom. The lowest BCUT2D eigenvalue weighted by Crippen LogP contribution is -2.14. The molecule has 1 amide bonds. The van der Waals surface area contributed by atoms with Crippen molar-refractivity contribution in [2.45, 2.75) is 0 Å². The second-order valence-electron chi connectivity index (χ2n) is 6.49. The zero-order valence-corrected chi connectivity index (χ0v) is 16.1. The van der Waals surface area contributed by atoms with Crippen LogP contribution in [0.5, 0.6) is 11.6 Å². The van der Waals surface area contributed by atoms with Crippen LogP contribution in [0.25, 0.3) is 16.9 Å². The Morgan fingerprint density at radius 2 is 1.77 bits per heavy atom. The molecule has 5 rings (SSSR count). The zero-order chi connectivity index (χ0) is 21.0. The molecule has 0 aliphatic heterocycles. The number of nitrogens with one attached hydrogen (secondary N) is 1. The summed E-state index contributed by atoms with van der Waals surface area (Å²) in [5.41, 5.74) is 2.25. The smallest absolute Gasteiger partial charge is 0.275 e. The van der Waals surface area contributed by atoms with Gasteiger partial charge in [-0.2, -0.15) is 5.10 Å². The molecule has 31 heavy (non-hydrogen) atoms. The number of carbonyl (C=O) groups is 1. The molecule has 0 aliphatic rings. The van der Waals surface area contributed by atoms with Crippen LogP contribution in [0, 0.1) is 0 Å². The fourth-order valence-electron chi connectivity index (χ4n) is 2.90. The molecule has 1 N–H and O–H groups in total. The normalized spacial score (nSPS) is 10.7. The summed E-state index contributed by atoms with van der Waals surface area (Å²) in [7, 11) is 0. The molecule has 9 nitrogen and oxygen atoms in total. The maximum absolute atomic E-state index is 12.5. The van der Waals surface area contributed by atoms with E-state index in [-0.39, 0.29) is 11.6 Å². The number of amides is 1. The standard InChI is InChI=1S/C22H15N7O2/c30-22(19-13-23-17-4-1-2-5-18(17)28-19)27-15-6-8-16(9-7-15)31-21-12-20(24-14-25-21)29-11-3-10-26-29/h1-14H,(H,27,30). The van der Waals surface area contributed by atoms with Crippen molar-refractivity contribution in [3.05, 3.63) is 91.3 Å². The average Bonchev–Trinajstić information content (AvgIpc) is 3.35. The van der Waals surface area contributed by atoms with Crippen LogP contribution < -0.4 is 10.1 Å². The third kappa shape index (κ3) is 4.06. The second kappa shape index (κ2) is 7.99. The molecule has 3 heterocycles. The fraction of sp³-hybridized carbons (Fsp3) is 0. The molecule has 0 atom stereocenters. The topological polar surface area (TPSA) is 108 Å². The number of hydrogen-bond donors (Lipinski definition) is 1. The largest absolute Gasteiger partial charge is 0.439 e. The number of anilines is 1. The molecule has 5 aromatic rings. The maximum Gasteiger partial charge on any atom is 0.275 e. The van der Waals surface area contributed by atoms with E-state index in [0.717, 1.165) is 5.52 Å². The number of aromatic nitrogens is 6. The summed E-state index contributed by atoms with van der Waals surface area (Å²) in [6, 6.07) is 17.8. The number of rotatable bonds is 5. The molecule has 0 fully saturated rings. The summed E-state index contributed by atoms with van der Waals surface area (Å²) in [5.74, 6) is 1.19. The Morgan fingerprint density at radius 1 is 0.935 bits per heavy atom. The first-order chi connectivity index (χ1) is 15.2. The number of ether oxygens (including phenoxy) is 1. The van der Waals surface area contributed by atoms with Crippen LogP contribution in [0.1, 0.15) is 10.5 Å². The van der Waals surface area contributed by atoms with E-state index >= 15 is 0 Å². The minimum absolute atomic E-state index is 0.242. The quantitative estimate of drug-likeness (QED) is 0.472. The molecular formula is C22H15N7O2. The van der Waals surface area contributed by atoms with Crippen LogP contribution in [-0.2, 0) is 0 Å². The van der Waals surface area contributed by atoms with Gasteiger partial charge in [0.25, 0.3) is 5.91 Å². The molecule has 9 heteroatoms. The summed E-state index contributed by atoms with van der Waals surface area (Å²) in [6.07, 6.45) is 6.32. The van der Waals surface area contributed by atoms with E-state index in [4.69, 9.17) is 4.74 Å². The Labute approximate surface area is 176 Å². The molecule has 0 saturated carbocycles. The first-order valence-electron chi connectivity index (χ1n) is 9.38. The van der Waals surface area contributed by atoms with Gasteiger partial charge in [0.05, 0.1) is 17.2 Å². The van der Waals surface area contributed by atoms with Gasteiger partial charge in [0, 0.05) is 24.1 Å². The summed E-state index contributed by atoms with van der Waals surface area (Å²) >= 11 is 0. The Balaban J connectivity index is 1.27. The molecule has 0 radical (unpaired) electrons. The molecule has 0 aliphatic carbocycles. The van der Waals surface area contributed by atoms with Crippen LogP contribution in [0.2, 0.25) is 0 Å². The van der Waals surface area contributed by atoms with Crippen molar-refractivity contribution in [2.24, 2.45) is 0 Å². The van der Waals surface area contributed by atoms with Crippen molar-refractivity contribution in [1.29, 1.82) is 0 Å². The molecule has 3 aromatic heterocycles. The van der Waals surface area contributed by atoms with Gasteiger partial charge in [0.15, 0.2) is 5.82 Å². The number of hydrogen-bond acceptors (Lipinski definition) is 7. The predicted octanol–water partition coefficient (Wildman–Crippen LogP) is 3.65. The highest BCUT2D eigenvalue weighted by atomic mass is 16.5. The zero-order valence-electron chi connectivity index (χ0n) is 16.1. The molecule has 0 spiro atoms. The maximum atomic E-state index is 12.5. The lowest BCUT2D eigenvalue weighted by Gasteiger charge is -2.08. The van der Waals surface area contributed by atoms with Crippen LogP contribution in [0.4, 0.5) is 5.69 Å². The SMILES string of the molecule is O=C(Nc1ccc(Oc2cc(-n3cccn3)ncn2)cc1)c1cnc2ccccc2n1. The van der Waals surface area contributed by atoms with Gasteiger partial charge < -0.3 is 10.1 Å².